The number of carbonyl (C=O) groups excluding carboxylic acids is 1. The first-order valence-electron chi connectivity index (χ1n) is 14.9. The number of hydrogen-bond donors (Lipinski definition) is 3. The topological polar surface area (TPSA) is 113 Å². The van der Waals surface area contributed by atoms with E-state index in [0.29, 0.717) is 36.1 Å². The molecule has 1 amide bonds. The second-order valence-electron chi connectivity index (χ2n) is 10.7. The first-order valence-corrected chi connectivity index (χ1v) is 16.3. The zero-order valence-corrected chi connectivity index (χ0v) is 25.5. The Morgan fingerprint density at radius 3 is 1.84 bits per heavy atom. The summed E-state index contributed by atoms with van der Waals surface area (Å²) in [4.78, 5) is 12.1. The minimum Gasteiger partial charge on any atom is -0.504 e. The molecule has 0 radical (unpaired) electrons. The van der Waals surface area contributed by atoms with E-state index in [1.54, 1.807) is 36.4 Å². The van der Waals surface area contributed by atoms with Crippen LogP contribution in [0.5, 0.6) is 17.2 Å². The van der Waals surface area contributed by atoms with Gasteiger partial charge in [-0.3, -0.25) is 4.79 Å². The predicted octanol–water partition coefficient (Wildman–Crippen LogP) is 7.31. The summed E-state index contributed by atoms with van der Waals surface area (Å²) in [5, 5.41) is 21.8. The first kappa shape index (κ1) is 32.4. The van der Waals surface area contributed by atoms with Crippen LogP contribution in [0, 0.1) is 0 Å². The number of amides is 1. The lowest BCUT2D eigenvalue weighted by Crippen LogP contribution is -2.40. The van der Waals surface area contributed by atoms with Crippen LogP contribution in [-0.2, 0) is 19.7 Å². The van der Waals surface area contributed by atoms with Gasteiger partial charge in [0, 0.05) is 12.6 Å². The molecule has 0 unspecified atom stereocenters. The number of para-hydroxylation sites is 1. The number of hydrogen-bond acceptors (Lipinski definition) is 6. The van der Waals surface area contributed by atoms with E-state index in [1.165, 1.54) is 18.2 Å². The van der Waals surface area contributed by atoms with E-state index < -0.39 is 14.9 Å². The van der Waals surface area contributed by atoms with Crippen LogP contribution in [0.25, 0.3) is 6.08 Å². The van der Waals surface area contributed by atoms with E-state index in [0.717, 1.165) is 32.1 Å². The van der Waals surface area contributed by atoms with Crippen LogP contribution >= 0.6 is 0 Å². The highest BCUT2D eigenvalue weighted by atomic mass is 32.2. The van der Waals surface area contributed by atoms with Crippen molar-refractivity contribution in [3.63, 3.8) is 0 Å². The van der Waals surface area contributed by atoms with Crippen LogP contribution in [0.1, 0.15) is 61.6 Å². The Bertz CT molecular complexity index is 1570. The zero-order valence-electron chi connectivity index (χ0n) is 24.6. The maximum absolute atomic E-state index is 14.2. The van der Waals surface area contributed by atoms with Crippen molar-refractivity contribution in [1.82, 2.24) is 5.32 Å². The number of benzene rings is 4. The average molecular weight is 614 g/mol. The van der Waals surface area contributed by atoms with Crippen molar-refractivity contribution in [3.8, 4) is 17.2 Å². The van der Waals surface area contributed by atoms with Crippen molar-refractivity contribution < 1.29 is 27.6 Å². The lowest BCUT2D eigenvalue weighted by molar-refractivity contribution is -0.116. The van der Waals surface area contributed by atoms with Crippen LogP contribution in [0.2, 0.25) is 0 Å². The normalized spacial score (nSPS) is 11.8. The Balaban J connectivity index is 1.31. The number of rotatable bonds is 16. The molecule has 0 aliphatic rings. The smallest absolute Gasteiger partial charge is 0.323 e. The van der Waals surface area contributed by atoms with Crippen molar-refractivity contribution in [1.29, 1.82) is 0 Å². The number of unbranched alkanes of at least 4 members (excludes halogenated alkanes) is 5. The molecule has 0 bridgehead atoms. The van der Waals surface area contributed by atoms with Gasteiger partial charge in [0.15, 0.2) is 16.2 Å². The Morgan fingerprint density at radius 1 is 0.705 bits per heavy atom. The first-order chi connectivity index (χ1) is 21.3. The fourth-order valence-corrected chi connectivity index (χ4v) is 7.00. The van der Waals surface area contributed by atoms with Gasteiger partial charge in [-0.1, -0.05) is 117 Å². The van der Waals surface area contributed by atoms with Gasteiger partial charge in [-0.05, 0) is 59.9 Å². The highest BCUT2D eigenvalue weighted by Gasteiger charge is 2.48. The summed E-state index contributed by atoms with van der Waals surface area (Å²) < 4.78 is 32.8. The van der Waals surface area contributed by atoms with Crippen LogP contribution < -0.4 is 9.50 Å². The molecule has 7 nitrogen and oxygen atoms in total. The molecule has 3 N–H and O–H groups in total. The van der Waals surface area contributed by atoms with Gasteiger partial charge in [0.1, 0.15) is 5.75 Å². The molecular weight excluding hydrogens is 574 g/mol. The summed E-state index contributed by atoms with van der Waals surface area (Å²) in [6, 6.07) is 31.6. The fourth-order valence-electron chi connectivity index (χ4n) is 5.25. The molecule has 4 rings (SSSR count). The monoisotopic (exact) mass is 613 g/mol. The van der Waals surface area contributed by atoms with E-state index >= 15 is 0 Å². The van der Waals surface area contributed by atoms with Crippen LogP contribution in [0.3, 0.4) is 0 Å². The maximum atomic E-state index is 14.2. The lowest BCUT2D eigenvalue weighted by atomic mass is 9.85. The second-order valence-corrected chi connectivity index (χ2v) is 12.4. The third-order valence-electron chi connectivity index (χ3n) is 7.54. The molecule has 0 saturated carbocycles. The summed E-state index contributed by atoms with van der Waals surface area (Å²) >= 11 is 0. The number of nitrogens with one attached hydrogen (secondary N) is 1. The predicted molar refractivity (Wildman–Crippen MR) is 174 cm³/mol. The fraction of sp³-hybridized carbons (Fsp3) is 0.250. The zero-order chi connectivity index (χ0) is 31.3. The molecule has 4 aromatic carbocycles. The molecule has 0 aliphatic carbocycles. The van der Waals surface area contributed by atoms with Crippen LogP contribution in [0.15, 0.2) is 115 Å². The molecule has 0 fully saturated rings. The molecule has 230 valence electrons. The molecule has 0 atom stereocenters. The standard InChI is InChI=1S/C36H39NO6S/c38-33-24-22-29(28-34(33)39)23-25-35(40)37-27-15-4-2-1-3-14-26-36(30-16-8-5-9-17-30,31-18-10-6-11-19-31)44(41,42)43-32-20-12-7-13-21-32/h5-13,16-25,28,38-39H,1-4,14-15,26-27H2,(H,37,40)/b25-23+. The van der Waals surface area contributed by atoms with Crippen molar-refractivity contribution in [2.24, 2.45) is 0 Å². The van der Waals surface area contributed by atoms with Gasteiger partial charge in [0.2, 0.25) is 5.91 Å². The molecule has 44 heavy (non-hydrogen) atoms. The van der Waals surface area contributed by atoms with Crippen LogP contribution in [-0.4, -0.2) is 31.1 Å². The number of aromatic hydroxyl groups is 2. The second kappa shape index (κ2) is 15.8. The van der Waals surface area contributed by atoms with Gasteiger partial charge in [-0.25, -0.2) is 0 Å². The number of phenolic OH excluding ortho intramolecular Hbond substituents is 2. The molecule has 4 aromatic rings. The van der Waals surface area contributed by atoms with E-state index in [9.17, 15) is 23.4 Å². The van der Waals surface area contributed by atoms with E-state index in [1.807, 2.05) is 66.7 Å². The van der Waals surface area contributed by atoms with Crippen molar-refractivity contribution in [2.45, 2.75) is 49.7 Å². The summed E-state index contributed by atoms with van der Waals surface area (Å²) in [5.74, 6) is -0.387. The molecule has 8 heteroatoms. The van der Waals surface area contributed by atoms with Crippen molar-refractivity contribution >= 4 is 22.1 Å². The maximum Gasteiger partial charge on any atom is 0.323 e. The van der Waals surface area contributed by atoms with Gasteiger partial charge in [-0.2, -0.15) is 8.42 Å². The summed E-state index contributed by atoms with van der Waals surface area (Å²) in [6.07, 6.45) is 8.57. The minimum atomic E-state index is -4.15. The van der Waals surface area contributed by atoms with Gasteiger partial charge in [0.05, 0.1) is 0 Å². The summed E-state index contributed by atoms with van der Waals surface area (Å²) in [5.41, 5.74) is 1.96. The Kier molecular flexibility index (Phi) is 11.6. The number of phenols is 2. The van der Waals surface area contributed by atoms with Gasteiger partial charge >= 0.3 is 10.1 Å². The van der Waals surface area contributed by atoms with Crippen molar-refractivity contribution in [2.75, 3.05) is 6.54 Å². The van der Waals surface area contributed by atoms with E-state index in [2.05, 4.69) is 5.32 Å². The molecule has 0 spiro atoms. The van der Waals surface area contributed by atoms with Gasteiger partial charge in [0.25, 0.3) is 0 Å². The Morgan fingerprint density at radius 2 is 1.25 bits per heavy atom. The summed E-state index contributed by atoms with van der Waals surface area (Å²) in [6.45, 7) is 0.546. The van der Waals surface area contributed by atoms with E-state index in [-0.39, 0.29) is 23.2 Å². The summed E-state index contributed by atoms with van der Waals surface area (Å²) in [7, 11) is -4.15. The molecule has 0 aromatic heterocycles. The third kappa shape index (κ3) is 8.51. The number of carbonyl (C=O) groups is 1. The molecule has 0 heterocycles. The molecular formula is C36H39NO6S. The largest absolute Gasteiger partial charge is 0.504 e. The van der Waals surface area contributed by atoms with E-state index in [4.69, 9.17) is 4.18 Å². The minimum absolute atomic E-state index is 0.208. The third-order valence-corrected chi connectivity index (χ3v) is 9.48. The average Bonchev–Trinajstić information content (AvgIpc) is 3.03. The SMILES string of the molecule is O=C(/C=C/c1ccc(O)c(O)c1)NCCCCCCCCC(c1ccccc1)(c1ccccc1)S(=O)(=O)Oc1ccccc1. The van der Waals surface area contributed by atoms with Gasteiger partial charge in [-0.15, -0.1) is 0 Å². The lowest BCUT2D eigenvalue weighted by Gasteiger charge is -2.34. The highest BCUT2D eigenvalue weighted by molar-refractivity contribution is 7.88. The molecule has 0 saturated heterocycles. The Labute approximate surface area is 260 Å². The quantitative estimate of drug-likeness (QED) is 0.0529. The molecule has 0 aliphatic heterocycles. The Hall–Kier alpha value is -4.56. The van der Waals surface area contributed by atoms with Crippen LogP contribution in [0.4, 0.5) is 0 Å². The highest BCUT2D eigenvalue weighted by Crippen LogP contribution is 2.43. The van der Waals surface area contributed by atoms with Gasteiger partial charge < -0.3 is 19.7 Å². The van der Waals surface area contributed by atoms with Crippen molar-refractivity contribution in [3.05, 3.63) is 132 Å².